The summed E-state index contributed by atoms with van der Waals surface area (Å²) in [7, 11) is 1.51. The van der Waals surface area contributed by atoms with Gasteiger partial charge in [-0.3, -0.25) is 14.5 Å². The van der Waals surface area contributed by atoms with Gasteiger partial charge in [-0.2, -0.15) is 0 Å². The molecule has 1 aromatic carbocycles. The summed E-state index contributed by atoms with van der Waals surface area (Å²) in [6, 6.07) is 4.09. The van der Waals surface area contributed by atoms with Crippen molar-refractivity contribution in [3.8, 4) is 0 Å². The zero-order chi connectivity index (χ0) is 20.5. The minimum atomic E-state index is -1.17. The van der Waals surface area contributed by atoms with Gasteiger partial charge >= 0.3 is 0 Å². The van der Waals surface area contributed by atoms with Crippen LogP contribution in [0, 0.1) is 5.82 Å². The molecule has 1 unspecified atom stereocenters. The molecule has 0 spiro atoms. The number of carbonyl (C=O) groups excluding carboxylic acids is 2. The van der Waals surface area contributed by atoms with E-state index in [2.05, 4.69) is 20.3 Å². The van der Waals surface area contributed by atoms with E-state index in [1.807, 2.05) is 6.26 Å². The number of benzene rings is 1. The lowest BCUT2D eigenvalue weighted by atomic mass is 9.87. The molecule has 2 amide bonds. The van der Waals surface area contributed by atoms with Gasteiger partial charge < -0.3 is 11.1 Å². The van der Waals surface area contributed by atoms with Crippen molar-refractivity contribution in [2.45, 2.75) is 23.9 Å². The molecule has 2 heterocycles. The van der Waals surface area contributed by atoms with Crippen LogP contribution in [0.5, 0.6) is 0 Å². The standard InChI is InChI=1S/C18H19FN6O2S/c1-18(7-15(26)25(2)17(20)24-18)11-6-10(4-5-12(11)19)23-16(27)13-8-22-14(28-3)9-21-13/h4-6,8-9H,7H2,1-3H3,(H2,20,24)(H,23,27). The second-order valence-corrected chi connectivity index (χ2v) is 7.29. The molecule has 0 aliphatic carbocycles. The maximum atomic E-state index is 14.5. The molecule has 28 heavy (non-hydrogen) atoms. The lowest BCUT2D eigenvalue weighted by Crippen LogP contribution is -2.47. The fourth-order valence-corrected chi connectivity index (χ4v) is 3.13. The van der Waals surface area contributed by atoms with Crippen LogP contribution in [0.4, 0.5) is 10.1 Å². The Morgan fingerprint density at radius 1 is 1.36 bits per heavy atom. The van der Waals surface area contributed by atoms with Crippen molar-refractivity contribution in [2.24, 2.45) is 10.7 Å². The van der Waals surface area contributed by atoms with E-state index in [0.717, 1.165) is 0 Å². The molecule has 1 aliphatic heterocycles. The number of anilines is 1. The monoisotopic (exact) mass is 402 g/mol. The predicted molar refractivity (Wildman–Crippen MR) is 105 cm³/mol. The quantitative estimate of drug-likeness (QED) is 0.756. The van der Waals surface area contributed by atoms with E-state index in [9.17, 15) is 14.0 Å². The van der Waals surface area contributed by atoms with Crippen LogP contribution in [-0.4, -0.2) is 45.9 Å². The number of aliphatic imine (C=N–C) groups is 1. The number of aromatic nitrogens is 2. The number of nitrogens with two attached hydrogens (primary N) is 1. The fourth-order valence-electron chi connectivity index (χ4n) is 2.81. The third kappa shape index (κ3) is 3.81. The number of nitrogens with one attached hydrogen (secondary N) is 1. The third-order valence-electron chi connectivity index (χ3n) is 4.45. The molecule has 0 fully saturated rings. The van der Waals surface area contributed by atoms with Crippen LogP contribution >= 0.6 is 11.8 Å². The molecule has 146 valence electrons. The smallest absolute Gasteiger partial charge is 0.275 e. The summed E-state index contributed by atoms with van der Waals surface area (Å²) in [4.78, 5) is 38.2. The number of guanidine groups is 1. The SMILES string of the molecule is CSc1cnc(C(=O)Nc2ccc(F)c(C3(C)CC(=O)N(C)C(N)=N3)c2)cn1. The third-order valence-corrected chi connectivity index (χ3v) is 5.08. The number of hydrogen-bond acceptors (Lipinski definition) is 7. The van der Waals surface area contributed by atoms with E-state index in [1.165, 1.54) is 54.3 Å². The van der Waals surface area contributed by atoms with Crippen LogP contribution in [0.1, 0.15) is 29.4 Å². The topological polar surface area (TPSA) is 114 Å². The Morgan fingerprint density at radius 3 is 2.71 bits per heavy atom. The lowest BCUT2D eigenvalue weighted by Gasteiger charge is -2.34. The Bertz CT molecular complexity index is 965. The predicted octanol–water partition coefficient (Wildman–Crippen LogP) is 1.98. The zero-order valence-corrected chi connectivity index (χ0v) is 16.4. The van der Waals surface area contributed by atoms with Crippen molar-refractivity contribution in [3.05, 3.63) is 47.7 Å². The highest BCUT2D eigenvalue weighted by Gasteiger charge is 2.38. The lowest BCUT2D eigenvalue weighted by molar-refractivity contribution is -0.128. The van der Waals surface area contributed by atoms with Gasteiger partial charge in [-0.25, -0.2) is 19.4 Å². The second-order valence-electron chi connectivity index (χ2n) is 6.47. The Balaban J connectivity index is 1.89. The van der Waals surface area contributed by atoms with Crippen molar-refractivity contribution >= 4 is 35.2 Å². The molecule has 10 heteroatoms. The first-order valence-electron chi connectivity index (χ1n) is 8.33. The van der Waals surface area contributed by atoms with E-state index in [1.54, 1.807) is 6.92 Å². The zero-order valence-electron chi connectivity index (χ0n) is 15.6. The Morgan fingerprint density at radius 2 is 2.11 bits per heavy atom. The average Bonchev–Trinajstić information content (AvgIpc) is 2.67. The van der Waals surface area contributed by atoms with Crippen LogP contribution in [0.25, 0.3) is 0 Å². The van der Waals surface area contributed by atoms with Gasteiger partial charge in [0, 0.05) is 18.3 Å². The normalized spacial score (nSPS) is 19.4. The summed E-state index contributed by atoms with van der Waals surface area (Å²) in [5, 5.41) is 3.35. The number of rotatable bonds is 4. The molecule has 3 N–H and O–H groups in total. The Labute approximate surface area is 165 Å². The van der Waals surface area contributed by atoms with E-state index >= 15 is 0 Å². The van der Waals surface area contributed by atoms with E-state index in [4.69, 9.17) is 5.73 Å². The summed E-state index contributed by atoms with van der Waals surface area (Å²) < 4.78 is 14.5. The molecule has 0 saturated carbocycles. The fraction of sp³-hybridized carbons (Fsp3) is 0.278. The number of nitrogens with zero attached hydrogens (tertiary/aromatic N) is 4. The maximum absolute atomic E-state index is 14.5. The second kappa shape index (κ2) is 7.55. The Hall–Kier alpha value is -3.01. The van der Waals surface area contributed by atoms with Crippen LogP contribution in [0.2, 0.25) is 0 Å². The molecular formula is C18H19FN6O2S. The van der Waals surface area contributed by atoms with Gasteiger partial charge in [0.15, 0.2) is 5.96 Å². The average molecular weight is 402 g/mol. The molecule has 2 aromatic rings. The Kier molecular flexibility index (Phi) is 5.32. The van der Waals surface area contributed by atoms with Gasteiger partial charge in [-0.1, -0.05) is 0 Å². The summed E-state index contributed by atoms with van der Waals surface area (Å²) in [5.41, 5.74) is 5.27. The van der Waals surface area contributed by atoms with Crippen molar-refractivity contribution in [1.82, 2.24) is 14.9 Å². The van der Waals surface area contributed by atoms with Crippen LogP contribution < -0.4 is 11.1 Å². The minimum absolute atomic E-state index is 0.0109. The number of amides is 2. The van der Waals surface area contributed by atoms with Crippen LogP contribution in [0.15, 0.2) is 40.6 Å². The number of carbonyl (C=O) groups is 2. The highest BCUT2D eigenvalue weighted by molar-refractivity contribution is 7.98. The molecular weight excluding hydrogens is 383 g/mol. The van der Waals surface area contributed by atoms with Crippen molar-refractivity contribution in [3.63, 3.8) is 0 Å². The maximum Gasteiger partial charge on any atom is 0.275 e. The van der Waals surface area contributed by atoms with E-state index < -0.39 is 17.3 Å². The molecule has 0 radical (unpaired) electrons. The number of hydrogen-bond donors (Lipinski definition) is 2. The first kappa shape index (κ1) is 19.7. The molecule has 0 bridgehead atoms. The highest BCUT2D eigenvalue weighted by Crippen LogP contribution is 2.35. The van der Waals surface area contributed by atoms with Gasteiger partial charge in [-0.05, 0) is 31.4 Å². The minimum Gasteiger partial charge on any atom is -0.369 e. The highest BCUT2D eigenvalue weighted by atomic mass is 32.2. The number of thioether (sulfide) groups is 1. The van der Waals surface area contributed by atoms with Gasteiger partial charge in [-0.15, -0.1) is 11.8 Å². The van der Waals surface area contributed by atoms with Crippen LogP contribution in [-0.2, 0) is 10.3 Å². The molecule has 8 nitrogen and oxygen atoms in total. The molecule has 1 atom stereocenters. The van der Waals surface area contributed by atoms with Crippen LogP contribution in [0.3, 0.4) is 0 Å². The molecule has 0 saturated heterocycles. The molecule has 1 aliphatic rings. The summed E-state index contributed by atoms with van der Waals surface area (Å²) in [6.45, 7) is 1.63. The van der Waals surface area contributed by atoms with Gasteiger partial charge in [0.2, 0.25) is 5.91 Å². The van der Waals surface area contributed by atoms with Gasteiger partial charge in [0.25, 0.3) is 5.91 Å². The van der Waals surface area contributed by atoms with Crippen molar-refractivity contribution in [1.29, 1.82) is 0 Å². The largest absolute Gasteiger partial charge is 0.369 e. The molecule has 3 rings (SSSR count). The molecule has 1 aromatic heterocycles. The van der Waals surface area contributed by atoms with E-state index in [-0.39, 0.29) is 29.5 Å². The van der Waals surface area contributed by atoms with Gasteiger partial charge in [0.1, 0.15) is 16.5 Å². The summed E-state index contributed by atoms with van der Waals surface area (Å²) >= 11 is 1.41. The summed E-state index contributed by atoms with van der Waals surface area (Å²) in [5.74, 6) is -1.28. The van der Waals surface area contributed by atoms with E-state index in [0.29, 0.717) is 10.7 Å². The van der Waals surface area contributed by atoms with Gasteiger partial charge in [0.05, 0.1) is 24.4 Å². The number of halogens is 1. The van der Waals surface area contributed by atoms with Crippen molar-refractivity contribution in [2.75, 3.05) is 18.6 Å². The van der Waals surface area contributed by atoms with Crippen molar-refractivity contribution < 1.29 is 14.0 Å². The first-order valence-corrected chi connectivity index (χ1v) is 9.55. The summed E-state index contributed by atoms with van der Waals surface area (Å²) in [6.07, 6.45) is 4.68. The first-order chi connectivity index (χ1) is 13.2.